The van der Waals surface area contributed by atoms with Crippen LogP contribution >= 0.6 is 14.7 Å². The predicted molar refractivity (Wildman–Crippen MR) is 96.4 cm³/mol. The minimum absolute atomic E-state index is 0.583. The zero-order valence-corrected chi connectivity index (χ0v) is 17.3. The summed E-state index contributed by atoms with van der Waals surface area (Å²) < 4.78 is 44.2. The smallest absolute Gasteiger partial charge is 0.353 e. The largest absolute Gasteiger partial charge is 0.374 e. The lowest BCUT2D eigenvalue weighted by molar-refractivity contribution is -0.165. The van der Waals surface area contributed by atoms with Crippen molar-refractivity contribution in [2.75, 3.05) is 27.7 Å². The van der Waals surface area contributed by atoms with Gasteiger partial charge >= 0.3 is 13.3 Å². The number of aromatic nitrogens is 2. The highest BCUT2D eigenvalue weighted by Crippen LogP contribution is 2.44. The molecule has 2 N–H and O–H groups in total. The normalized spacial score (nSPS) is 28.7. The molecule has 1 aromatic rings. The SMILES string of the molecule is COC1[C@H](n2ccc(=O)[nH]c2=O)O[C@H](OCP(=O)(O)OC)[C@H]1O[PH](=S)OC. The summed E-state index contributed by atoms with van der Waals surface area (Å²) in [5, 5.41) is 0. The molecule has 0 spiro atoms. The van der Waals surface area contributed by atoms with Crippen molar-refractivity contribution >= 4 is 26.6 Å². The van der Waals surface area contributed by atoms with Gasteiger partial charge in [0.15, 0.2) is 26.0 Å². The highest BCUT2D eigenvalue weighted by atomic mass is 32.4. The first-order chi connectivity index (χ1) is 12.7. The zero-order chi connectivity index (χ0) is 20.2. The van der Waals surface area contributed by atoms with Gasteiger partial charge in [-0.1, -0.05) is 0 Å². The van der Waals surface area contributed by atoms with E-state index in [9.17, 15) is 19.0 Å². The number of hydrogen-bond donors (Lipinski definition) is 2. The van der Waals surface area contributed by atoms with E-state index >= 15 is 0 Å². The van der Waals surface area contributed by atoms with Crippen LogP contribution in [0.1, 0.15) is 6.23 Å². The summed E-state index contributed by atoms with van der Waals surface area (Å²) >= 11 is 5.05. The minimum Gasteiger partial charge on any atom is -0.374 e. The van der Waals surface area contributed by atoms with Crippen LogP contribution in [0.5, 0.6) is 0 Å². The summed E-state index contributed by atoms with van der Waals surface area (Å²) in [4.78, 5) is 35.0. The van der Waals surface area contributed by atoms with Gasteiger partial charge in [0.2, 0.25) is 0 Å². The molecular formula is C12H20N2O10P2S. The summed E-state index contributed by atoms with van der Waals surface area (Å²) in [6, 6.07) is 1.13. The van der Waals surface area contributed by atoms with Crippen molar-refractivity contribution in [1.29, 1.82) is 0 Å². The fourth-order valence-electron chi connectivity index (χ4n) is 2.35. The Morgan fingerprint density at radius 2 is 2.07 bits per heavy atom. The van der Waals surface area contributed by atoms with Crippen molar-refractivity contribution in [2.24, 2.45) is 0 Å². The Bertz CT molecular complexity index is 829. The maximum Gasteiger partial charge on any atom is 0.353 e. The van der Waals surface area contributed by atoms with Crippen LogP contribution in [0, 0.1) is 0 Å². The van der Waals surface area contributed by atoms with E-state index in [0.29, 0.717) is 0 Å². The molecule has 2 rings (SSSR count). The molecule has 6 atom stereocenters. The number of hydrogen-bond acceptors (Lipinski definition) is 10. The van der Waals surface area contributed by atoms with Crippen LogP contribution in [-0.2, 0) is 44.2 Å². The number of rotatable bonds is 9. The van der Waals surface area contributed by atoms with Crippen LogP contribution in [0.2, 0.25) is 0 Å². The molecule has 12 nitrogen and oxygen atoms in total. The first-order valence-electron chi connectivity index (χ1n) is 7.46. The third-order valence-corrected chi connectivity index (χ3v) is 6.26. The second-order valence-corrected chi connectivity index (χ2v) is 9.31. The van der Waals surface area contributed by atoms with E-state index < -0.39 is 57.1 Å². The van der Waals surface area contributed by atoms with Gasteiger partial charge in [0.05, 0.1) is 0 Å². The Kier molecular flexibility index (Phi) is 8.07. The lowest BCUT2D eigenvalue weighted by Gasteiger charge is -2.23. The van der Waals surface area contributed by atoms with E-state index in [1.807, 2.05) is 0 Å². The van der Waals surface area contributed by atoms with Crippen LogP contribution in [-0.4, -0.2) is 60.6 Å². The van der Waals surface area contributed by atoms with Crippen molar-refractivity contribution in [2.45, 2.75) is 24.7 Å². The zero-order valence-electron chi connectivity index (χ0n) is 14.6. The number of methoxy groups -OCH3 is 1. The van der Waals surface area contributed by atoms with Gasteiger partial charge in [-0.15, -0.1) is 0 Å². The molecule has 0 aromatic carbocycles. The van der Waals surface area contributed by atoms with Gasteiger partial charge in [0.1, 0.15) is 12.2 Å². The molecule has 0 bridgehead atoms. The molecule has 154 valence electrons. The summed E-state index contributed by atoms with van der Waals surface area (Å²) in [6.45, 7) is 0. The molecule has 1 aromatic heterocycles. The Hall–Kier alpha value is -0.720. The Morgan fingerprint density at radius 1 is 1.37 bits per heavy atom. The second-order valence-electron chi connectivity index (χ2n) is 5.27. The van der Waals surface area contributed by atoms with Gasteiger partial charge < -0.3 is 32.7 Å². The lowest BCUT2D eigenvalue weighted by atomic mass is 10.2. The Morgan fingerprint density at radius 3 is 2.63 bits per heavy atom. The molecule has 0 amide bonds. The summed E-state index contributed by atoms with van der Waals surface area (Å²) in [6.07, 6.45) is -3.60. The quantitative estimate of drug-likeness (QED) is 0.484. The molecule has 1 aliphatic heterocycles. The highest BCUT2D eigenvalue weighted by molar-refractivity contribution is 8.00. The molecular weight excluding hydrogens is 426 g/mol. The summed E-state index contributed by atoms with van der Waals surface area (Å²) in [7, 11) is -2.35. The van der Waals surface area contributed by atoms with E-state index in [1.54, 1.807) is 0 Å². The summed E-state index contributed by atoms with van der Waals surface area (Å²) in [5.41, 5.74) is -1.32. The van der Waals surface area contributed by atoms with Crippen LogP contribution < -0.4 is 11.2 Å². The van der Waals surface area contributed by atoms with Gasteiger partial charge in [0, 0.05) is 33.6 Å². The third-order valence-electron chi connectivity index (χ3n) is 3.63. The number of H-pyrrole nitrogens is 1. The fraction of sp³-hybridized carbons (Fsp3) is 0.667. The molecule has 27 heavy (non-hydrogen) atoms. The predicted octanol–water partition coefficient (Wildman–Crippen LogP) is -0.250. The summed E-state index contributed by atoms with van der Waals surface area (Å²) in [5.74, 6) is 0. The monoisotopic (exact) mass is 446 g/mol. The molecule has 15 heteroatoms. The molecule has 2 heterocycles. The van der Waals surface area contributed by atoms with E-state index in [2.05, 4.69) is 9.51 Å². The average Bonchev–Trinajstić information content (AvgIpc) is 2.97. The minimum atomic E-state index is -3.99. The van der Waals surface area contributed by atoms with Crippen molar-refractivity contribution < 1.29 is 37.2 Å². The van der Waals surface area contributed by atoms with E-state index in [-0.39, 0.29) is 0 Å². The first kappa shape index (κ1) is 22.6. The maximum absolute atomic E-state index is 12.1. The van der Waals surface area contributed by atoms with Crippen molar-refractivity contribution in [1.82, 2.24) is 9.55 Å². The van der Waals surface area contributed by atoms with Gasteiger partial charge in [-0.25, -0.2) is 4.79 Å². The molecule has 0 radical (unpaired) electrons. The van der Waals surface area contributed by atoms with Gasteiger partial charge in [-0.3, -0.25) is 18.9 Å². The number of aromatic amines is 1. The number of nitrogens with one attached hydrogen (secondary N) is 1. The van der Waals surface area contributed by atoms with Gasteiger partial charge in [-0.05, 0) is 11.8 Å². The number of nitrogens with zero attached hydrogens (tertiary/aromatic N) is 1. The molecule has 3 unspecified atom stereocenters. The van der Waals surface area contributed by atoms with Crippen molar-refractivity contribution in [3.63, 3.8) is 0 Å². The van der Waals surface area contributed by atoms with Gasteiger partial charge in [-0.2, -0.15) is 0 Å². The number of ether oxygens (including phenoxy) is 3. The topological polar surface area (TPSA) is 148 Å². The van der Waals surface area contributed by atoms with Crippen molar-refractivity contribution in [3.05, 3.63) is 33.1 Å². The Labute approximate surface area is 159 Å². The molecule has 1 fully saturated rings. The van der Waals surface area contributed by atoms with E-state index in [4.69, 9.17) is 35.1 Å². The molecule has 1 saturated heterocycles. The first-order valence-corrected chi connectivity index (χ1v) is 11.7. The second kappa shape index (κ2) is 9.66. The molecule has 1 aliphatic rings. The van der Waals surface area contributed by atoms with E-state index in [1.165, 1.54) is 20.4 Å². The Balaban J connectivity index is 2.33. The van der Waals surface area contributed by atoms with Crippen molar-refractivity contribution in [3.8, 4) is 0 Å². The van der Waals surface area contributed by atoms with Crippen LogP contribution in [0.15, 0.2) is 21.9 Å². The average molecular weight is 446 g/mol. The highest BCUT2D eigenvalue weighted by Gasteiger charge is 2.49. The van der Waals surface area contributed by atoms with Crippen LogP contribution in [0.25, 0.3) is 0 Å². The lowest BCUT2D eigenvalue weighted by Crippen LogP contribution is -2.39. The molecule has 0 aliphatic carbocycles. The van der Waals surface area contributed by atoms with Gasteiger partial charge in [0.25, 0.3) is 5.56 Å². The maximum atomic E-state index is 12.1. The fourth-order valence-corrected chi connectivity index (χ4v) is 3.69. The molecule has 0 saturated carbocycles. The standard InChI is InChI=1S/C12H20N2O10P2S/c1-19-8-9(24-25(27)20-2)11(22-6-26(17,18)21-3)23-10(8)14-5-4-7(15)13-12(14)16/h4-5,8-11,25H,6H2,1-3H3,(H,17,18)(H,13,15,16)/t8?,9-,10+,11-/m0/s1. The van der Waals surface area contributed by atoms with Crippen LogP contribution in [0.4, 0.5) is 0 Å². The third kappa shape index (κ3) is 5.64. The van der Waals surface area contributed by atoms with E-state index in [0.717, 1.165) is 17.7 Å². The van der Waals surface area contributed by atoms with Crippen LogP contribution in [0.3, 0.4) is 0 Å².